The summed E-state index contributed by atoms with van der Waals surface area (Å²) in [5, 5.41) is 5.64. The summed E-state index contributed by atoms with van der Waals surface area (Å²) in [5.41, 5.74) is 3.61. The molecule has 0 aliphatic carbocycles. The summed E-state index contributed by atoms with van der Waals surface area (Å²) in [4.78, 5) is 17.0. The molecule has 0 aromatic heterocycles. The Hall–Kier alpha value is -3.66. The number of amidine groups is 1. The Balaban J connectivity index is 2.08. The molecule has 0 unspecified atom stereocenters. The Morgan fingerprint density at radius 2 is 1.36 bits per heavy atom. The van der Waals surface area contributed by atoms with Gasteiger partial charge in [-0.05, 0) is 18.6 Å². The molecule has 3 aromatic carbocycles. The quantitative estimate of drug-likeness (QED) is 0.373. The molecule has 0 atom stereocenters. The van der Waals surface area contributed by atoms with Crippen LogP contribution in [0.4, 0.5) is 4.79 Å². The molecule has 0 radical (unpaired) electrons. The van der Waals surface area contributed by atoms with Crippen LogP contribution in [0.2, 0.25) is 0 Å². The third-order valence-electron chi connectivity index (χ3n) is 4.02. The van der Waals surface area contributed by atoms with Crippen LogP contribution in [0.15, 0.2) is 96.0 Å². The Labute approximate surface area is 165 Å². The number of hydrogen-bond donors (Lipinski definition) is 2. The van der Waals surface area contributed by atoms with Crippen LogP contribution in [-0.2, 0) is 0 Å². The highest BCUT2D eigenvalue weighted by atomic mass is 16.2. The lowest BCUT2D eigenvalue weighted by Crippen LogP contribution is -2.39. The minimum absolute atomic E-state index is 0.280. The van der Waals surface area contributed by atoms with E-state index in [9.17, 15) is 4.79 Å². The summed E-state index contributed by atoms with van der Waals surface area (Å²) >= 11 is 0. The first kappa shape index (κ1) is 19.1. The van der Waals surface area contributed by atoms with Crippen molar-refractivity contribution in [1.82, 2.24) is 10.6 Å². The zero-order chi connectivity index (χ0) is 19.6. The van der Waals surface area contributed by atoms with E-state index in [2.05, 4.69) is 10.6 Å². The predicted octanol–water partition coefficient (Wildman–Crippen LogP) is 4.95. The van der Waals surface area contributed by atoms with Crippen molar-refractivity contribution in [3.05, 3.63) is 108 Å². The number of hydrogen-bond acceptors (Lipinski definition) is 2. The molecule has 4 nitrogen and oxygen atoms in total. The molecule has 3 aromatic rings. The average Bonchev–Trinajstić information content (AvgIpc) is 2.75. The maximum atomic E-state index is 12.2. The van der Waals surface area contributed by atoms with Crippen molar-refractivity contribution in [2.75, 3.05) is 6.54 Å². The summed E-state index contributed by atoms with van der Waals surface area (Å²) < 4.78 is 0. The standard InChI is InChI=1S/C24H23N3O/c1-2-25-24(28)27-23(21-16-10-5-11-17-21)26-22(20-14-8-4-9-15-20)18-19-12-6-3-7-13-19/h3-18H,2H2,1H3,(H2,25,26,27,28)/b22-18+. The molecule has 0 aliphatic rings. The molecule has 28 heavy (non-hydrogen) atoms. The lowest BCUT2D eigenvalue weighted by molar-refractivity contribution is 0.246. The second kappa shape index (κ2) is 9.88. The molecule has 2 amide bonds. The fraction of sp³-hybridized carbons (Fsp3) is 0.0833. The van der Waals surface area contributed by atoms with Gasteiger partial charge in [0.1, 0.15) is 5.84 Å². The number of benzene rings is 3. The average molecular weight is 369 g/mol. The van der Waals surface area contributed by atoms with Gasteiger partial charge in [0.05, 0.1) is 5.70 Å². The summed E-state index contributed by atoms with van der Waals surface area (Å²) in [5.74, 6) is 0.498. The van der Waals surface area contributed by atoms with Gasteiger partial charge in [0.25, 0.3) is 0 Å². The van der Waals surface area contributed by atoms with Crippen molar-refractivity contribution in [3.8, 4) is 0 Å². The van der Waals surface area contributed by atoms with Gasteiger partial charge in [-0.1, -0.05) is 91.0 Å². The molecule has 0 heterocycles. The van der Waals surface area contributed by atoms with Gasteiger partial charge in [0.2, 0.25) is 0 Å². The highest BCUT2D eigenvalue weighted by Crippen LogP contribution is 2.20. The van der Waals surface area contributed by atoms with Crippen molar-refractivity contribution in [2.45, 2.75) is 6.92 Å². The van der Waals surface area contributed by atoms with Gasteiger partial charge in [0, 0.05) is 17.7 Å². The number of nitrogens with zero attached hydrogens (tertiary/aromatic N) is 1. The first-order valence-corrected chi connectivity index (χ1v) is 9.27. The lowest BCUT2D eigenvalue weighted by Gasteiger charge is -2.12. The zero-order valence-electron chi connectivity index (χ0n) is 15.8. The minimum Gasteiger partial charge on any atom is -0.338 e. The first-order chi connectivity index (χ1) is 13.8. The number of aliphatic imine (C=N–C) groups is 1. The molecule has 0 bridgehead atoms. The van der Waals surface area contributed by atoms with Gasteiger partial charge in [-0.15, -0.1) is 0 Å². The molecule has 0 saturated heterocycles. The van der Waals surface area contributed by atoms with Crippen LogP contribution in [0.3, 0.4) is 0 Å². The number of carbonyl (C=O) groups excluding carboxylic acids is 1. The van der Waals surface area contributed by atoms with Crippen LogP contribution < -0.4 is 10.6 Å². The molecule has 3 rings (SSSR count). The molecule has 140 valence electrons. The number of amides is 2. The van der Waals surface area contributed by atoms with Crippen LogP contribution in [0.25, 0.3) is 11.8 Å². The summed E-state index contributed by atoms with van der Waals surface area (Å²) in [6.07, 6.45) is 2.01. The van der Waals surface area contributed by atoms with Crippen LogP contribution >= 0.6 is 0 Å². The van der Waals surface area contributed by atoms with Crippen molar-refractivity contribution in [1.29, 1.82) is 0 Å². The fourth-order valence-corrected chi connectivity index (χ4v) is 2.69. The second-order valence-corrected chi connectivity index (χ2v) is 6.12. The number of carbonyl (C=O) groups is 1. The topological polar surface area (TPSA) is 53.5 Å². The Kier molecular flexibility index (Phi) is 6.74. The number of urea groups is 1. The lowest BCUT2D eigenvalue weighted by atomic mass is 10.1. The van der Waals surface area contributed by atoms with Crippen molar-refractivity contribution >= 4 is 23.6 Å². The molecule has 0 fully saturated rings. The Morgan fingerprint density at radius 3 is 1.93 bits per heavy atom. The first-order valence-electron chi connectivity index (χ1n) is 9.27. The molecule has 0 saturated carbocycles. The Bertz CT molecular complexity index is 949. The van der Waals surface area contributed by atoms with E-state index in [1.807, 2.05) is 104 Å². The molecule has 0 spiro atoms. The van der Waals surface area contributed by atoms with E-state index in [1.165, 1.54) is 0 Å². The largest absolute Gasteiger partial charge is 0.338 e. The van der Waals surface area contributed by atoms with E-state index in [0.717, 1.165) is 22.4 Å². The molecule has 4 heteroatoms. The van der Waals surface area contributed by atoms with Crippen LogP contribution in [0, 0.1) is 0 Å². The van der Waals surface area contributed by atoms with Crippen molar-refractivity contribution in [3.63, 3.8) is 0 Å². The van der Waals surface area contributed by atoms with Crippen molar-refractivity contribution < 1.29 is 4.79 Å². The predicted molar refractivity (Wildman–Crippen MR) is 116 cm³/mol. The summed E-state index contributed by atoms with van der Waals surface area (Å²) in [6, 6.07) is 29.3. The van der Waals surface area contributed by atoms with Gasteiger partial charge >= 0.3 is 6.03 Å². The third kappa shape index (κ3) is 5.42. The minimum atomic E-state index is -0.280. The number of nitrogens with one attached hydrogen (secondary N) is 2. The SMILES string of the molecule is CCNC(=O)NC(=N/C(=C/c1ccccc1)c1ccccc1)c1ccccc1. The second-order valence-electron chi connectivity index (χ2n) is 6.12. The van der Waals surface area contributed by atoms with Crippen LogP contribution in [0.5, 0.6) is 0 Å². The smallest absolute Gasteiger partial charge is 0.320 e. The van der Waals surface area contributed by atoms with Crippen LogP contribution in [0.1, 0.15) is 23.6 Å². The monoisotopic (exact) mass is 369 g/mol. The highest BCUT2D eigenvalue weighted by Gasteiger charge is 2.10. The van der Waals surface area contributed by atoms with Gasteiger partial charge in [-0.2, -0.15) is 0 Å². The number of rotatable bonds is 5. The van der Waals surface area contributed by atoms with Crippen molar-refractivity contribution in [2.24, 2.45) is 4.99 Å². The van der Waals surface area contributed by atoms with Gasteiger partial charge in [-0.25, -0.2) is 9.79 Å². The molecule has 0 aliphatic heterocycles. The fourth-order valence-electron chi connectivity index (χ4n) is 2.69. The summed E-state index contributed by atoms with van der Waals surface area (Å²) in [7, 11) is 0. The zero-order valence-corrected chi connectivity index (χ0v) is 15.8. The van der Waals surface area contributed by atoms with E-state index in [0.29, 0.717) is 12.4 Å². The highest BCUT2D eigenvalue weighted by molar-refractivity contribution is 6.10. The van der Waals surface area contributed by atoms with E-state index in [-0.39, 0.29) is 6.03 Å². The maximum absolute atomic E-state index is 12.2. The van der Waals surface area contributed by atoms with E-state index in [4.69, 9.17) is 4.99 Å². The van der Waals surface area contributed by atoms with E-state index >= 15 is 0 Å². The molecule has 2 N–H and O–H groups in total. The third-order valence-corrected chi connectivity index (χ3v) is 4.02. The van der Waals surface area contributed by atoms with Crippen LogP contribution in [-0.4, -0.2) is 18.4 Å². The van der Waals surface area contributed by atoms with E-state index in [1.54, 1.807) is 0 Å². The molecular formula is C24H23N3O. The van der Waals surface area contributed by atoms with Gasteiger partial charge in [-0.3, -0.25) is 5.32 Å². The maximum Gasteiger partial charge on any atom is 0.320 e. The normalized spacial score (nSPS) is 11.8. The van der Waals surface area contributed by atoms with E-state index < -0.39 is 0 Å². The van der Waals surface area contributed by atoms with Gasteiger partial charge in [0.15, 0.2) is 0 Å². The van der Waals surface area contributed by atoms with Gasteiger partial charge < -0.3 is 5.32 Å². The summed E-state index contributed by atoms with van der Waals surface area (Å²) in [6.45, 7) is 2.42. The Morgan fingerprint density at radius 1 is 0.821 bits per heavy atom. The molecular weight excluding hydrogens is 346 g/mol.